The lowest BCUT2D eigenvalue weighted by atomic mass is 10.2. The van der Waals surface area contributed by atoms with Crippen molar-refractivity contribution in [3.8, 4) is 0 Å². The van der Waals surface area contributed by atoms with Crippen LogP contribution in [0.5, 0.6) is 0 Å². The van der Waals surface area contributed by atoms with Crippen LogP contribution in [0.3, 0.4) is 0 Å². The second kappa shape index (κ2) is 9.51. The number of fused-ring (bicyclic) bond motifs is 2. The second-order valence-electron chi connectivity index (χ2n) is 6.60. The van der Waals surface area contributed by atoms with Gasteiger partial charge in [0, 0.05) is 22.2 Å². The van der Waals surface area contributed by atoms with E-state index in [2.05, 4.69) is 65.4 Å². The van der Waals surface area contributed by atoms with E-state index < -0.39 is 0 Å². The Morgan fingerprint density at radius 1 is 0.840 bits per heavy atom. The molecule has 0 unspecified atom stereocenters. The summed E-state index contributed by atoms with van der Waals surface area (Å²) in [5.41, 5.74) is 2.69. The van der Waals surface area contributed by atoms with Crippen LogP contribution in [0.1, 0.15) is 25.7 Å². The van der Waals surface area contributed by atoms with E-state index in [1.54, 1.807) is 0 Å². The number of alkyl halides is 1. The summed E-state index contributed by atoms with van der Waals surface area (Å²) >= 11 is 7.63. The third-order valence-electron chi connectivity index (χ3n) is 4.63. The summed E-state index contributed by atoms with van der Waals surface area (Å²) < 4.78 is 0. The first-order chi connectivity index (χ1) is 12.3. The third-order valence-corrected chi connectivity index (χ3v) is 6.02. The predicted octanol–water partition coefficient (Wildman–Crippen LogP) is 6.02. The van der Waals surface area contributed by atoms with Gasteiger partial charge in [-0.05, 0) is 63.7 Å². The Hall–Kier alpha value is -1.16. The first-order valence-corrected chi connectivity index (χ1v) is 10.5. The first-order valence-electron chi connectivity index (χ1n) is 9.17. The van der Waals surface area contributed by atoms with Gasteiger partial charge in [0.2, 0.25) is 0 Å². The summed E-state index contributed by atoms with van der Waals surface area (Å²) in [5, 5.41) is 0. The molecule has 0 atom stereocenters. The topological polar surface area (TPSA) is 6.48 Å². The molecule has 0 saturated heterocycles. The minimum absolute atomic E-state index is 0.787. The normalized spacial score (nSPS) is 13.0. The number of hydrogen-bond donors (Lipinski definition) is 0. The highest BCUT2D eigenvalue weighted by Crippen LogP contribution is 2.47. The van der Waals surface area contributed by atoms with Crippen LogP contribution in [0.25, 0.3) is 0 Å². The van der Waals surface area contributed by atoms with Gasteiger partial charge in [-0.15, -0.1) is 11.6 Å². The van der Waals surface area contributed by atoms with Gasteiger partial charge >= 0.3 is 0 Å². The Morgan fingerprint density at radius 3 is 2.08 bits per heavy atom. The van der Waals surface area contributed by atoms with Crippen LogP contribution in [-0.4, -0.2) is 37.5 Å². The molecule has 4 heteroatoms. The van der Waals surface area contributed by atoms with Crippen LogP contribution >= 0.6 is 23.4 Å². The van der Waals surface area contributed by atoms with Crippen LogP contribution in [0, 0.1) is 0 Å². The van der Waals surface area contributed by atoms with Crippen molar-refractivity contribution >= 4 is 34.7 Å². The maximum Gasteiger partial charge on any atom is 0.0552 e. The van der Waals surface area contributed by atoms with Gasteiger partial charge in [-0.2, -0.15) is 0 Å². The predicted molar refractivity (Wildman–Crippen MR) is 111 cm³/mol. The fourth-order valence-corrected chi connectivity index (χ4v) is 4.57. The molecule has 0 bridgehead atoms. The molecule has 2 nitrogen and oxygen atoms in total. The molecular formula is C21H27ClN2S. The largest absolute Gasteiger partial charge is 0.340 e. The number of nitrogens with zero attached hydrogens (tertiary/aromatic N) is 2. The van der Waals surface area contributed by atoms with Crippen molar-refractivity contribution in [1.29, 1.82) is 0 Å². The molecule has 1 heterocycles. The molecule has 25 heavy (non-hydrogen) atoms. The van der Waals surface area contributed by atoms with Gasteiger partial charge in [-0.25, -0.2) is 0 Å². The van der Waals surface area contributed by atoms with Crippen LogP contribution in [-0.2, 0) is 0 Å². The lowest BCUT2D eigenvalue weighted by Crippen LogP contribution is -2.27. The minimum Gasteiger partial charge on any atom is -0.340 e. The fourth-order valence-electron chi connectivity index (χ4n) is 3.29. The Morgan fingerprint density at radius 2 is 1.44 bits per heavy atom. The molecule has 3 rings (SSSR count). The lowest BCUT2D eigenvalue weighted by Gasteiger charge is -2.33. The highest BCUT2D eigenvalue weighted by Gasteiger charge is 2.22. The number of rotatable bonds is 9. The smallest absolute Gasteiger partial charge is 0.0552 e. The molecule has 134 valence electrons. The first kappa shape index (κ1) is 18.6. The molecule has 0 saturated carbocycles. The Kier molecular flexibility index (Phi) is 7.09. The van der Waals surface area contributed by atoms with E-state index in [-0.39, 0.29) is 0 Å². The van der Waals surface area contributed by atoms with Crippen molar-refractivity contribution in [1.82, 2.24) is 4.90 Å². The van der Waals surface area contributed by atoms with Gasteiger partial charge in [-0.1, -0.05) is 42.4 Å². The van der Waals surface area contributed by atoms with Crippen molar-refractivity contribution in [2.24, 2.45) is 0 Å². The maximum absolute atomic E-state index is 5.75. The van der Waals surface area contributed by atoms with Gasteiger partial charge in [0.15, 0.2) is 0 Å². The van der Waals surface area contributed by atoms with E-state index >= 15 is 0 Å². The second-order valence-corrected chi connectivity index (χ2v) is 8.06. The molecule has 0 radical (unpaired) electrons. The highest BCUT2D eigenvalue weighted by molar-refractivity contribution is 7.99. The number of anilines is 2. The Balaban J connectivity index is 1.59. The Labute approximate surface area is 161 Å². The fraction of sp³-hybridized carbons (Fsp3) is 0.429. The van der Waals surface area contributed by atoms with E-state index in [1.807, 2.05) is 11.8 Å². The summed E-state index contributed by atoms with van der Waals surface area (Å²) in [6.07, 6.45) is 4.78. The van der Waals surface area contributed by atoms with Crippen molar-refractivity contribution in [2.45, 2.75) is 35.5 Å². The van der Waals surface area contributed by atoms with Crippen molar-refractivity contribution in [3.05, 3.63) is 48.5 Å². The standard InChI is InChI=1S/C21H27ClN2S/c1-23(15-8-2-7-14-22)16-9-17-24-18-10-3-5-12-20(18)25-21-13-6-4-11-19(21)24/h3-6,10-13H,2,7-9,14-17H2,1H3. The SMILES string of the molecule is CN(CCCCCCl)CCCN1c2ccccc2Sc2ccccc21. The van der Waals surface area contributed by atoms with E-state index in [4.69, 9.17) is 11.6 Å². The zero-order valence-corrected chi connectivity index (χ0v) is 16.5. The van der Waals surface area contributed by atoms with Crippen molar-refractivity contribution in [3.63, 3.8) is 0 Å². The summed E-state index contributed by atoms with van der Waals surface area (Å²) in [5.74, 6) is 0.787. The van der Waals surface area contributed by atoms with Gasteiger partial charge < -0.3 is 9.80 Å². The summed E-state index contributed by atoms with van der Waals surface area (Å²) in [7, 11) is 2.23. The van der Waals surface area contributed by atoms with Gasteiger partial charge in [0.25, 0.3) is 0 Å². The molecule has 0 aliphatic carbocycles. The molecule has 0 fully saturated rings. The van der Waals surface area contributed by atoms with Gasteiger partial charge in [0.1, 0.15) is 0 Å². The number of unbranched alkanes of at least 4 members (excludes halogenated alkanes) is 2. The van der Waals surface area contributed by atoms with Crippen LogP contribution in [0.15, 0.2) is 58.3 Å². The van der Waals surface area contributed by atoms with Gasteiger partial charge in [-0.3, -0.25) is 0 Å². The number of para-hydroxylation sites is 2. The van der Waals surface area contributed by atoms with E-state index in [0.29, 0.717) is 0 Å². The average Bonchev–Trinajstić information content (AvgIpc) is 2.64. The van der Waals surface area contributed by atoms with Crippen molar-refractivity contribution in [2.75, 3.05) is 37.5 Å². The number of benzene rings is 2. The van der Waals surface area contributed by atoms with E-state index in [1.165, 1.54) is 47.0 Å². The number of hydrogen-bond acceptors (Lipinski definition) is 3. The molecule has 1 aliphatic rings. The molecule has 0 amide bonds. The summed E-state index contributed by atoms with van der Waals surface area (Å²) in [6, 6.07) is 17.5. The van der Waals surface area contributed by atoms with E-state index in [0.717, 1.165) is 25.4 Å². The van der Waals surface area contributed by atoms with Crippen molar-refractivity contribution < 1.29 is 0 Å². The van der Waals surface area contributed by atoms with Crippen LogP contribution in [0.4, 0.5) is 11.4 Å². The average molecular weight is 375 g/mol. The molecule has 1 aliphatic heterocycles. The third kappa shape index (κ3) is 4.93. The minimum atomic E-state index is 0.787. The van der Waals surface area contributed by atoms with Gasteiger partial charge in [0.05, 0.1) is 11.4 Å². The molecule has 0 spiro atoms. The summed E-state index contributed by atoms with van der Waals surface area (Å²) in [6.45, 7) is 3.36. The molecule has 2 aromatic carbocycles. The highest BCUT2D eigenvalue weighted by atomic mass is 35.5. The van der Waals surface area contributed by atoms with Crippen LogP contribution < -0.4 is 4.90 Å². The van der Waals surface area contributed by atoms with E-state index in [9.17, 15) is 0 Å². The molecule has 2 aromatic rings. The molecular weight excluding hydrogens is 348 g/mol. The molecule has 0 N–H and O–H groups in total. The monoisotopic (exact) mass is 374 g/mol. The maximum atomic E-state index is 5.75. The quantitative estimate of drug-likeness (QED) is 0.391. The van der Waals surface area contributed by atoms with Crippen LogP contribution in [0.2, 0.25) is 0 Å². The zero-order chi connectivity index (χ0) is 17.5. The number of halogens is 1. The molecule has 0 aromatic heterocycles. The zero-order valence-electron chi connectivity index (χ0n) is 15.0. The lowest BCUT2D eigenvalue weighted by molar-refractivity contribution is 0.323. The Bertz CT molecular complexity index is 631. The summed E-state index contributed by atoms with van der Waals surface area (Å²) in [4.78, 5) is 7.65.